The van der Waals surface area contributed by atoms with E-state index in [0.29, 0.717) is 22.3 Å². The molecule has 0 spiro atoms. The quantitative estimate of drug-likeness (QED) is 0.807. The lowest BCUT2D eigenvalue weighted by Crippen LogP contribution is -2.45. The second-order valence-electron chi connectivity index (χ2n) is 5.57. The zero-order valence-corrected chi connectivity index (χ0v) is 13.8. The van der Waals surface area contributed by atoms with Crippen LogP contribution in [0.1, 0.15) is 28.9 Å². The summed E-state index contributed by atoms with van der Waals surface area (Å²) in [7, 11) is 0. The van der Waals surface area contributed by atoms with E-state index >= 15 is 0 Å². The first-order valence-corrected chi connectivity index (χ1v) is 7.78. The Hall–Kier alpha value is -2.73. The Balaban J connectivity index is 2.09. The monoisotopic (exact) mass is 362 g/mol. The van der Waals surface area contributed by atoms with Crippen molar-refractivity contribution < 1.29 is 18.4 Å². The number of urea groups is 1. The van der Waals surface area contributed by atoms with Crippen LogP contribution < -0.4 is 10.6 Å². The normalized spacial score (nSPS) is 17.1. The van der Waals surface area contributed by atoms with E-state index in [4.69, 9.17) is 11.6 Å². The molecule has 0 unspecified atom stereocenters. The van der Waals surface area contributed by atoms with Crippen LogP contribution in [0.4, 0.5) is 13.6 Å². The smallest absolute Gasteiger partial charge is 0.319 e. The Kier molecular flexibility index (Phi) is 4.55. The average Bonchev–Trinajstić information content (AvgIpc) is 2.54. The lowest BCUT2D eigenvalue weighted by molar-refractivity contribution is 0.102. The van der Waals surface area contributed by atoms with E-state index in [-0.39, 0.29) is 11.1 Å². The average molecular weight is 363 g/mol. The van der Waals surface area contributed by atoms with Crippen LogP contribution in [0, 0.1) is 11.6 Å². The van der Waals surface area contributed by atoms with Crippen LogP contribution in [0.3, 0.4) is 0 Å². The van der Waals surface area contributed by atoms with E-state index < -0.39 is 29.5 Å². The Bertz CT molecular complexity index is 894. The predicted molar refractivity (Wildman–Crippen MR) is 89.2 cm³/mol. The first kappa shape index (κ1) is 17.1. The van der Waals surface area contributed by atoms with Gasteiger partial charge in [-0.3, -0.25) is 4.79 Å². The Morgan fingerprint density at radius 1 is 1.12 bits per heavy atom. The third kappa shape index (κ3) is 3.39. The molecule has 0 fully saturated rings. The van der Waals surface area contributed by atoms with E-state index in [1.807, 2.05) is 0 Å². The highest BCUT2D eigenvalue weighted by Crippen LogP contribution is 2.31. The van der Waals surface area contributed by atoms with Crippen LogP contribution in [0.5, 0.6) is 0 Å². The van der Waals surface area contributed by atoms with Crippen LogP contribution in [0.15, 0.2) is 53.7 Å². The first-order valence-electron chi connectivity index (χ1n) is 7.40. The number of benzene rings is 2. The molecule has 0 aliphatic carbocycles. The maximum atomic E-state index is 14.2. The molecule has 0 saturated heterocycles. The summed E-state index contributed by atoms with van der Waals surface area (Å²) in [6.07, 6.45) is 0. The van der Waals surface area contributed by atoms with Gasteiger partial charge in [0.1, 0.15) is 11.6 Å². The number of hydrogen-bond acceptors (Lipinski definition) is 2. The predicted octanol–water partition coefficient (Wildman–Crippen LogP) is 4.13. The summed E-state index contributed by atoms with van der Waals surface area (Å²) in [5.41, 5.74) is 0.821. The molecule has 2 N–H and O–H groups in total. The van der Waals surface area contributed by atoms with E-state index in [2.05, 4.69) is 10.6 Å². The molecule has 0 bridgehead atoms. The minimum Gasteiger partial charge on any atom is -0.327 e. The summed E-state index contributed by atoms with van der Waals surface area (Å²) >= 11 is 5.83. The second-order valence-corrected chi connectivity index (χ2v) is 6.01. The van der Waals surface area contributed by atoms with Gasteiger partial charge in [0.05, 0.1) is 6.04 Å². The van der Waals surface area contributed by atoms with Crippen molar-refractivity contribution in [1.82, 2.24) is 10.6 Å². The van der Waals surface area contributed by atoms with Gasteiger partial charge in [-0.1, -0.05) is 17.7 Å². The van der Waals surface area contributed by atoms with Crippen molar-refractivity contribution in [2.45, 2.75) is 13.0 Å². The molecule has 4 nitrogen and oxygen atoms in total. The summed E-state index contributed by atoms with van der Waals surface area (Å²) in [5, 5.41) is 5.50. The van der Waals surface area contributed by atoms with Crippen molar-refractivity contribution in [3.8, 4) is 0 Å². The molecule has 3 rings (SSSR count). The fourth-order valence-electron chi connectivity index (χ4n) is 2.72. The van der Waals surface area contributed by atoms with E-state index in [1.165, 1.54) is 6.07 Å². The van der Waals surface area contributed by atoms with Gasteiger partial charge in [-0.2, -0.15) is 0 Å². The molecule has 1 heterocycles. The van der Waals surface area contributed by atoms with Crippen molar-refractivity contribution in [3.05, 3.63) is 81.5 Å². The number of halogens is 3. The second kappa shape index (κ2) is 6.64. The molecule has 0 saturated carbocycles. The van der Waals surface area contributed by atoms with Crippen molar-refractivity contribution in [3.63, 3.8) is 0 Å². The van der Waals surface area contributed by atoms with Gasteiger partial charge in [-0.15, -0.1) is 0 Å². The van der Waals surface area contributed by atoms with Gasteiger partial charge in [-0.05, 0) is 37.3 Å². The van der Waals surface area contributed by atoms with Gasteiger partial charge in [0.2, 0.25) is 0 Å². The van der Waals surface area contributed by atoms with Crippen LogP contribution in [0.2, 0.25) is 5.02 Å². The molecule has 1 aliphatic heterocycles. The van der Waals surface area contributed by atoms with Crippen LogP contribution in [-0.4, -0.2) is 11.8 Å². The molecular weight excluding hydrogens is 350 g/mol. The minimum absolute atomic E-state index is 0.00733. The molecule has 128 valence electrons. The minimum atomic E-state index is -1.03. The van der Waals surface area contributed by atoms with Crippen LogP contribution in [-0.2, 0) is 0 Å². The number of nitrogens with one attached hydrogen (secondary N) is 2. The Morgan fingerprint density at radius 3 is 2.44 bits per heavy atom. The highest BCUT2D eigenvalue weighted by molar-refractivity contribution is 6.30. The zero-order chi connectivity index (χ0) is 18.1. The summed E-state index contributed by atoms with van der Waals surface area (Å²) < 4.78 is 27.4. The number of carbonyl (C=O) groups is 2. The van der Waals surface area contributed by atoms with Gasteiger partial charge in [0, 0.05) is 33.5 Å². The van der Waals surface area contributed by atoms with Crippen molar-refractivity contribution >= 4 is 23.4 Å². The van der Waals surface area contributed by atoms with Crippen molar-refractivity contribution in [1.29, 1.82) is 0 Å². The van der Waals surface area contributed by atoms with Gasteiger partial charge in [0.15, 0.2) is 5.78 Å². The van der Waals surface area contributed by atoms with Crippen molar-refractivity contribution in [2.75, 3.05) is 0 Å². The van der Waals surface area contributed by atoms with Crippen LogP contribution >= 0.6 is 11.6 Å². The number of amides is 2. The number of Topliss-reactive ketones (excluding diaryl/α,β-unsaturated/α-hetero) is 1. The summed E-state index contributed by atoms with van der Waals surface area (Å²) in [4.78, 5) is 24.7. The third-order valence-electron chi connectivity index (χ3n) is 3.89. The number of carbonyl (C=O) groups excluding carboxylic acids is 2. The highest BCUT2D eigenvalue weighted by atomic mass is 35.5. The van der Waals surface area contributed by atoms with Crippen molar-refractivity contribution in [2.24, 2.45) is 0 Å². The number of allylic oxidation sites excluding steroid dienone is 1. The van der Waals surface area contributed by atoms with Gasteiger partial charge < -0.3 is 10.6 Å². The molecule has 0 aromatic heterocycles. The van der Waals surface area contributed by atoms with E-state index in [0.717, 1.165) is 6.07 Å². The molecule has 7 heteroatoms. The van der Waals surface area contributed by atoms with Gasteiger partial charge in [0.25, 0.3) is 0 Å². The molecule has 1 atom stereocenters. The Labute approximate surface area is 147 Å². The molecule has 2 aromatic rings. The third-order valence-corrected chi connectivity index (χ3v) is 4.15. The molecule has 2 aromatic carbocycles. The number of rotatable bonds is 3. The summed E-state index contributed by atoms with van der Waals surface area (Å²) in [6.45, 7) is 1.55. The summed E-state index contributed by atoms with van der Waals surface area (Å²) in [6, 6.07) is 7.61. The largest absolute Gasteiger partial charge is 0.327 e. The fraction of sp³-hybridized carbons (Fsp3) is 0.111. The molecule has 0 radical (unpaired) electrons. The van der Waals surface area contributed by atoms with E-state index in [9.17, 15) is 18.4 Å². The number of ketones is 1. The molecule has 25 heavy (non-hydrogen) atoms. The fourth-order valence-corrected chi connectivity index (χ4v) is 2.85. The molecular formula is C18H13ClF2N2O2. The SMILES string of the molecule is CC1=C(C(=O)c2ccc(Cl)cc2)[C@@H](c2ccc(F)cc2F)NC(=O)N1. The standard InChI is InChI=1S/C18H13ClF2N2O2/c1-9-15(17(24)10-2-4-11(19)5-3-10)16(23-18(25)22-9)13-7-6-12(20)8-14(13)21/h2-8,16H,1H3,(H2,22,23,25)/t16-/m1/s1. The Morgan fingerprint density at radius 2 is 1.80 bits per heavy atom. The zero-order valence-electron chi connectivity index (χ0n) is 13.1. The molecule has 2 amide bonds. The van der Waals surface area contributed by atoms with Gasteiger partial charge in [-0.25, -0.2) is 13.6 Å². The topological polar surface area (TPSA) is 58.2 Å². The van der Waals surface area contributed by atoms with Gasteiger partial charge >= 0.3 is 6.03 Å². The highest BCUT2D eigenvalue weighted by Gasteiger charge is 2.33. The maximum absolute atomic E-state index is 14.2. The lowest BCUT2D eigenvalue weighted by Gasteiger charge is -2.29. The number of hydrogen-bond donors (Lipinski definition) is 2. The molecule has 1 aliphatic rings. The van der Waals surface area contributed by atoms with E-state index in [1.54, 1.807) is 31.2 Å². The maximum Gasteiger partial charge on any atom is 0.319 e. The van der Waals surface area contributed by atoms with Crippen LogP contribution in [0.25, 0.3) is 0 Å². The lowest BCUT2D eigenvalue weighted by atomic mass is 9.89. The summed E-state index contributed by atoms with van der Waals surface area (Å²) in [5.74, 6) is -1.98. The first-order chi connectivity index (χ1) is 11.9.